The Kier molecular flexibility index (Phi) is 4.41. The summed E-state index contributed by atoms with van der Waals surface area (Å²) in [6.07, 6.45) is -3.83. The number of hydrogen-bond acceptors (Lipinski definition) is 3. The highest BCUT2D eigenvalue weighted by atomic mass is 19.4. The van der Waals surface area contributed by atoms with Gasteiger partial charge in [0, 0.05) is 32.4 Å². The van der Waals surface area contributed by atoms with Crippen LogP contribution in [0.1, 0.15) is 17.5 Å². The van der Waals surface area contributed by atoms with E-state index >= 15 is 0 Å². The van der Waals surface area contributed by atoms with Gasteiger partial charge < -0.3 is 15.5 Å². The predicted octanol–water partition coefficient (Wildman–Crippen LogP) is 1.83. The van der Waals surface area contributed by atoms with Crippen molar-refractivity contribution in [1.82, 2.24) is 4.90 Å². The fraction of sp³-hybridized carbons (Fsp3) is 0.500. The van der Waals surface area contributed by atoms with E-state index in [0.717, 1.165) is 6.07 Å². The van der Waals surface area contributed by atoms with Crippen molar-refractivity contribution in [2.75, 3.05) is 31.6 Å². The highest BCUT2D eigenvalue weighted by Gasteiger charge is 2.36. The van der Waals surface area contributed by atoms with Gasteiger partial charge in [-0.05, 0) is 24.1 Å². The molecule has 7 heteroatoms. The van der Waals surface area contributed by atoms with E-state index in [-0.39, 0.29) is 24.7 Å². The minimum Gasteiger partial charge on any atom is -0.362 e. The maximum Gasteiger partial charge on any atom is 0.418 e. The molecule has 2 rings (SSSR count). The molecule has 116 valence electrons. The number of nitrogens with zero attached hydrogens (tertiary/aromatic N) is 2. The van der Waals surface area contributed by atoms with Crippen molar-refractivity contribution in [2.45, 2.75) is 19.1 Å². The molecule has 0 atom stereocenters. The van der Waals surface area contributed by atoms with Gasteiger partial charge in [0.2, 0.25) is 5.91 Å². The van der Waals surface area contributed by atoms with Crippen LogP contribution in [0.5, 0.6) is 0 Å². The Balaban J connectivity index is 2.40. The third kappa shape index (κ3) is 3.47. The SMILES string of the molecule is CN1CCCN(c2ccc(CN)cc2C(F)(F)F)CC1=O. The normalized spacial score (nSPS) is 17.1. The smallest absolute Gasteiger partial charge is 0.362 e. The maximum absolute atomic E-state index is 13.2. The molecule has 4 nitrogen and oxygen atoms in total. The zero-order valence-corrected chi connectivity index (χ0v) is 11.8. The van der Waals surface area contributed by atoms with Crippen molar-refractivity contribution in [3.63, 3.8) is 0 Å². The van der Waals surface area contributed by atoms with Gasteiger partial charge in [0.25, 0.3) is 0 Å². The third-order valence-corrected chi connectivity index (χ3v) is 3.62. The van der Waals surface area contributed by atoms with Gasteiger partial charge in [0.1, 0.15) is 0 Å². The van der Waals surface area contributed by atoms with Crippen molar-refractivity contribution in [1.29, 1.82) is 0 Å². The van der Waals surface area contributed by atoms with Gasteiger partial charge in [-0.15, -0.1) is 0 Å². The molecule has 1 aromatic carbocycles. The molecular formula is C14H18F3N3O. The molecule has 1 amide bonds. The van der Waals surface area contributed by atoms with Crippen LogP contribution < -0.4 is 10.6 Å². The first-order chi connectivity index (χ1) is 9.82. The summed E-state index contributed by atoms with van der Waals surface area (Å²) in [5, 5.41) is 0. The van der Waals surface area contributed by atoms with Crippen LogP contribution in [0.25, 0.3) is 0 Å². The van der Waals surface area contributed by atoms with E-state index in [1.54, 1.807) is 18.0 Å². The fourth-order valence-electron chi connectivity index (χ4n) is 2.41. The zero-order chi connectivity index (χ0) is 15.6. The molecule has 0 radical (unpaired) electrons. The van der Waals surface area contributed by atoms with E-state index in [1.807, 2.05) is 0 Å². The van der Waals surface area contributed by atoms with Gasteiger partial charge in [0.05, 0.1) is 12.1 Å². The number of carbonyl (C=O) groups excluding carboxylic acids is 1. The number of likely N-dealkylation sites (N-methyl/N-ethyl adjacent to an activating group) is 1. The quantitative estimate of drug-likeness (QED) is 0.906. The van der Waals surface area contributed by atoms with E-state index in [4.69, 9.17) is 5.73 Å². The Hall–Kier alpha value is -1.76. The average molecular weight is 301 g/mol. The fourth-order valence-corrected chi connectivity index (χ4v) is 2.41. The molecule has 1 aliphatic rings. The Morgan fingerprint density at radius 2 is 2.00 bits per heavy atom. The van der Waals surface area contributed by atoms with Crippen molar-refractivity contribution in [2.24, 2.45) is 5.73 Å². The number of nitrogens with two attached hydrogens (primary N) is 1. The summed E-state index contributed by atoms with van der Waals surface area (Å²) in [5.74, 6) is -0.177. The summed E-state index contributed by atoms with van der Waals surface area (Å²) in [6.45, 7) is 0.977. The van der Waals surface area contributed by atoms with Crippen molar-refractivity contribution >= 4 is 11.6 Å². The number of hydrogen-bond donors (Lipinski definition) is 1. The van der Waals surface area contributed by atoms with Crippen molar-refractivity contribution in [3.8, 4) is 0 Å². The minimum absolute atomic E-state index is 0.0401. The number of amides is 1. The average Bonchev–Trinajstić information content (AvgIpc) is 2.59. The van der Waals surface area contributed by atoms with Crippen LogP contribution in [0.15, 0.2) is 18.2 Å². The van der Waals surface area contributed by atoms with Gasteiger partial charge in [-0.3, -0.25) is 4.79 Å². The molecule has 1 heterocycles. The van der Waals surface area contributed by atoms with Gasteiger partial charge in [-0.1, -0.05) is 6.07 Å². The van der Waals surface area contributed by atoms with Gasteiger partial charge in [0.15, 0.2) is 0 Å². The van der Waals surface area contributed by atoms with Crippen LogP contribution >= 0.6 is 0 Å². The molecule has 0 saturated carbocycles. The molecule has 0 spiro atoms. The Morgan fingerprint density at radius 1 is 1.29 bits per heavy atom. The third-order valence-electron chi connectivity index (χ3n) is 3.62. The van der Waals surface area contributed by atoms with Gasteiger partial charge in [-0.25, -0.2) is 0 Å². The van der Waals surface area contributed by atoms with Crippen LogP contribution in [-0.2, 0) is 17.5 Å². The van der Waals surface area contributed by atoms with E-state index in [2.05, 4.69) is 0 Å². The molecular weight excluding hydrogens is 283 g/mol. The highest BCUT2D eigenvalue weighted by Crippen LogP contribution is 2.37. The molecule has 2 N–H and O–H groups in total. The first kappa shape index (κ1) is 15.6. The standard InChI is InChI=1S/C14H18F3N3O/c1-19-5-2-6-20(9-13(19)21)12-4-3-10(8-18)7-11(12)14(15,16)17/h3-4,7H,2,5-6,8-9,18H2,1H3. The molecule has 1 fully saturated rings. The summed E-state index contributed by atoms with van der Waals surface area (Å²) in [4.78, 5) is 14.9. The summed E-state index contributed by atoms with van der Waals surface area (Å²) in [6, 6.07) is 4.04. The molecule has 0 aliphatic carbocycles. The molecule has 21 heavy (non-hydrogen) atoms. The van der Waals surface area contributed by atoms with Gasteiger partial charge >= 0.3 is 6.18 Å². The number of carbonyl (C=O) groups is 1. The van der Waals surface area contributed by atoms with Crippen LogP contribution in [0.4, 0.5) is 18.9 Å². The minimum atomic E-state index is -4.47. The topological polar surface area (TPSA) is 49.6 Å². The predicted molar refractivity (Wildman–Crippen MR) is 73.8 cm³/mol. The Morgan fingerprint density at radius 3 is 2.62 bits per heavy atom. The van der Waals surface area contributed by atoms with Crippen LogP contribution in [0, 0.1) is 0 Å². The number of alkyl halides is 3. The Labute approximate surface area is 121 Å². The van der Waals surface area contributed by atoms with Crippen LogP contribution in [0.3, 0.4) is 0 Å². The molecule has 1 aromatic rings. The van der Waals surface area contributed by atoms with Gasteiger partial charge in [-0.2, -0.15) is 13.2 Å². The van der Waals surface area contributed by atoms with Crippen molar-refractivity contribution < 1.29 is 18.0 Å². The lowest BCUT2D eigenvalue weighted by Gasteiger charge is -2.26. The molecule has 1 saturated heterocycles. The monoisotopic (exact) mass is 301 g/mol. The Bertz CT molecular complexity index is 531. The molecule has 0 bridgehead atoms. The first-order valence-corrected chi connectivity index (χ1v) is 6.72. The van der Waals surface area contributed by atoms with Crippen LogP contribution in [-0.4, -0.2) is 37.5 Å². The van der Waals surface area contributed by atoms with Crippen molar-refractivity contribution in [3.05, 3.63) is 29.3 Å². The summed E-state index contributed by atoms with van der Waals surface area (Å²) < 4.78 is 39.7. The maximum atomic E-state index is 13.2. The summed E-state index contributed by atoms with van der Waals surface area (Å²) in [5.41, 5.74) is 5.15. The highest BCUT2D eigenvalue weighted by molar-refractivity contribution is 5.82. The number of anilines is 1. The summed E-state index contributed by atoms with van der Waals surface area (Å²) in [7, 11) is 1.66. The number of rotatable bonds is 2. The van der Waals surface area contributed by atoms with Crippen LogP contribution in [0.2, 0.25) is 0 Å². The largest absolute Gasteiger partial charge is 0.418 e. The molecule has 1 aliphatic heterocycles. The second-order valence-electron chi connectivity index (χ2n) is 5.14. The van der Waals surface area contributed by atoms with E-state index in [9.17, 15) is 18.0 Å². The summed E-state index contributed by atoms with van der Waals surface area (Å²) >= 11 is 0. The second kappa shape index (κ2) is 5.93. The first-order valence-electron chi connectivity index (χ1n) is 6.72. The van der Waals surface area contributed by atoms with E-state index in [0.29, 0.717) is 25.1 Å². The zero-order valence-electron chi connectivity index (χ0n) is 11.8. The lowest BCUT2D eigenvalue weighted by molar-refractivity contribution is -0.137. The number of benzene rings is 1. The molecule has 0 aromatic heterocycles. The lowest BCUT2D eigenvalue weighted by Crippen LogP contribution is -2.35. The van der Waals surface area contributed by atoms with E-state index in [1.165, 1.54) is 11.0 Å². The lowest BCUT2D eigenvalue weighted by atomic mass is 10.1. The molecule has 0 unspecified atom stereocenters. The van der Waals surface area contributed by atoms with E-state index < -0.39 is 11.7 Å². The number of halogens is 3. The second-order valence-corrected chi connectivity index (χ2v) is 5.14.